The molecule has 5 nitrogen and oxygen atoms in total. The van der Waals surface area contributed by atoms with E-state index in [1.165, 1.54) is 6.92 Å². The van der Waals surface area contributed by atoms with Gasteiger partial charge in [0.1, 0.15) is 5.69 Å². The lowest BCUT2D eigenvalue weighted by atomic mass is 9.95. The van der Waals surface area contributed by atoms with Crippen molar-refractivity contribution < 1.29 is 26.7 Å². The molecule has 0 bridgehead atoms. The molecule has 0 radical (unpaired) electrons. The molecule has 0 unspecified atom stereocenters. The Kier molecular flexibility index (Phi) is 4.61. The van der Waals surface area contributed by atoms with E-state index < -0.39 is 23.7 Å². The van der Waals surface area contributed by atoms with Crippen molar-refractivity contribution in [2.45, 2.75) is 57.2 Å². The number of carbonyl (C=O) groups is 1. The Morgan fingerprint density at radius 1 is 1.15 bits per heavy atom. The third-order valence-electron chi connectivity index (χ3n) is 4.41. The first-order valence-corrected chi connectivity index (χ1v) is 8.23. The van der Waals surface area contributed by atoms with E-state index in [0.29, 0.717) is 10.6 Å². The number of halogens is 5. The fourth-order valence-corrected chi connectivity index (χ4v) is 3.09. The van der Waals surface area contributed by atoms with E-state index in [-0.39, 0.29) is 23.1 Å². The second-order valence-corrected chi connectivity index (χ2v) is 6.46. The van der Waals surface area contributed by atoms with Gasteiger partial charge in [-0.3, -0.25) is 4.79 Å². The molecule has 0 aromatic carbocycles. The zero-order chi connectivity index (χ0) is 19.1. The molecule has 26 heavy (non-hydrogen) atoms. The Morgan fingerprint density at radius 2 is 1.81 bits per heavy atom. The second-order valence-electron chi connectivity index (χ2n) is 6.46. The Morgan fingerprint density at radius 3 is 2.42 bits per heavy atom. The molecule has 1 N–H and O–H groups in total. The third kappa shape index (κ3) is 3.36. The SMILES string of the molecule is Cc1cc(C(F)(F)C(F)(F)F)n2nc(C(=O)NC3CCCCC3)cc2n1. The highest BCUT2D eigenvalue weighted by Crippen LogP contribution is 2.43. The second kappa shape index (κ2) is 6.48. The van der Waals surface area contributed by atoms with E-state index in [0.717, 1.165) is 38.2 Å². The summed E-state index contributed by atoms with van der Waals surface area (Å²) in [7, 11) is 0. The summed E-state index contributed by atoms with van der Waals surface area (Å²) in [4.78, 5) is 16.2. The van der Waals surface area contributed by atoms with Crippen LogP contribution in [0.5, 0.6) is 0 Å². The largest absolute Gasteiger partial charge is 0.459 e. The molecule has 1 amide bonds. The number of nitrogens with zero attached hydrogens (tertiary/aromatic N) is 3. The van der Waals surface area contributed by atoms with Crippen molar-refractivity contribution in [2.75, 3.05) is 0 Å². The standard InChI is InChI=1S/C16H17F5N4O/c1-9-7-12(15(17,18)16(19,20)21)25-13(22-9)8-11(24-25)14(26)23-10-5-3-2-4-6-10/h7-8,10H,2-6H2,1H3,(H,23,26). The first kappa shape index (κ1) is 18.5. The van der Waals surface area contributed by atoms with Crippen LogP contribution in [0.15, 0.2) is 12.1 Å². The number of fused-ring (bicyclic) bond motifs is 1. The maximum absolute atomic E-state index is 13.8. The van der Waals surface area contributed by atoms with Crippen molar-refractivity contribution in [1.82, 2.24) is 19.9 Å². The highest BCUT2D eigenvalue weighted by Gasteiger charge is 2.60. The summed E-state index contributed by atoms with van der Waals surface area (Å²) in [5.41, 5.74) is -1.88. The van der Waals surface area contributed by atoms with Gasteiger partial charge in [-0.2, -0.15) is 27.1 Å². The summed E-state index contributed by atoms with van der Waals surface area (Å²) in [5, 5.41) is 6.41. The van der Waals surface area contributed by atoms with Crippen molar-refractivity contribution in [3.8, 4) is 0 Å². The Hall–Kier alpha value is -2.26. The highest BCUT2D eigenvalue weighted by atomic mass is 19.4. The van der Waals surface area contributed by atoms with Crippen LogP contribution in [-0.2, 0) is 5.92 Å². The molecular formula is C16H17F5N4O. The van der Waals surface area contributed by atoms with Crippen LogP contribution in [0.4, 0.5) is 22.0 Å². The van der Waals surface area contributed by atoms with E-state index in [4.69, 9.17) is 0 Å². The van der Waals surface area contributed by atoms with Gasteiger partial charge in [0.05, 0.1) is 0 Å². The van der Waals surface area contributed by atoms with Crippen LogP contribution in [0.2, 0.25) is 0 Å². The van der Waals surface area contributed by atoms with Gasteiger partial charge in [0.25, 0.3) is 5.91 Å². The molecule has 0 spiro atoms. The fraction of sp³-hybridized carbons (Fsp3) is 0.562. The summed E-state index contributed by atoms with van der Waals surface area (Å²) >= 11 is 0. The zero-order valence-electron chi connectivity index (χ0n) is 13.9. The van der Waals surface area contributed by atoms with Gasteiger partial charge in [0, 0.05) is 17.8 Å². The molecule has 3 rings (SSSR count). The van der Waals surface area contributed by atoms with Gasteiger partial charge in [-0.25, -0.2) is 9.50 Å². The zero-order valence-corrected chi connectivity index (χ0v) is 13.9. The van der Waals surface area contributed by atoms with Gasteiger partial charge in [-0.05, 0) is 25.8 Å². The average molecular weight is 376 g/mol. The number of aromatic nitrogens is 3. The van der Waals surface area contributed by atoms with Crippen molar-refractivity contribution >= 4 is 11.6 Å². The Labute approximate surface area is 145 Å². The van der Waals surface area contributed by atoms with Crippen molar-refractivity contribution in [3.63, 3.8) is 0 Å². The summed E-state index contributed by atoms with van der Waals surface area (Å²) in [5.74, 6) is -5.73. The number of carbonyl (C=O) groups excluding carboxylic acids is 1. The highest BCUT2D eigenvalue weighted by molar-refractivity contribution is 5.93. The minimum absolute atomic E-state index is 0.0319. The number of rotatable bonds is 3. The molecule has 0 atom stereocenters. The lowest BCUT2D eigenvalue weighted by Crippen LogP contribution is -2.37. The summed E-state index contributed by atoms with van der Waals surface area (Å²) in [6.45, 7) is 1.30. The van der Waals surface area contributed by atoms with Gasteiger partial charge >= 0.3 is 12.1 Å². The molecule has 142 valence electrons. The average Bonchev–Trinajstić information content (AvgIpc) is 2.97. The number of nitrogens with one attached hydrogen (secondary N) is 1. The Balaban J connectivity index is 1.98. The number of alkyl halides is 5. The predicted octanol–water partition coefficient (Wildman–Crippen LogP) is 3.75. The lowest BCUT2D eigenvalue weighted by Gasteiger charge is -2.22. The van der Waals surface area contributed by atoms with Crippen LogP contribution in [0, 0.1) is 6.92 Å². The first-order valence-electron chi connectivity index (χ1n) is 8.23. The molecule has 1 saturated carbocycles. The molecule has 1 aliphatic carbocycles. The third-order valence-corrected chi connectivity index (χ3v) is 4.41. The van der Waals surface area contributed by atoms with Crippen molar-refractivity contribution in [1.29, 1.82) is 0 Å². The molecule has 2 aromatic heterocycles. The number of hydrogen-bond donors (Lipinski definition) is 1. The smallest absolute Gasteiger partial charge is 0.348 e. The van der Waals surface area contributed by atoms with Crippen LogP contribution in [0.1, 0.15) is 54.0 Å². The number of amides is 1. The van der Waals surface area contributed by atoms with E-state index in [1.807, 2.05) is 0 Å². The summed E-state index contributed by atoms with van der Waals surface area (Å²) < 4.78 is 66.4. The van der Waals surface area contributed by atoms with Crippen LogP contribution in [0.3, 0.4) is 0 Å². The summed E-state index contributed by atoms with van der Waals surface area (Å²) in [6.07, 6.45) is -1.16. The first-order chi connectivity index (χ1) is 12.1. The molecule has 2 aromatic rings. The van der Waals surface area contributed by atoms with Gasteiger partial charge in [0.15, 0.2) is 11.3 Å². The molecule has 1 aliphatic rings. The maximum atomic E-state index is 13.8. The minimum Gasteiger partial charge on any atom is -0.348 e. The van der Waals surface area contributed by atoms with Crippen LogP contribution in [0.25, 0.3) is 5.65 Å². The normalized spacial score (nSPS) is 16.8. The van der Waals surface area contributed by atoms with Crippen LogP contribution < -0.4 is 5.32 Å². The van der Waals surface area contributed by atoms with E-state index >= 15 is 0 Å². The molecular weight excluding hydrogens is 359 g/mol. The van der Waals surface area contributed by atoms with Gasteiger partial charge in [0.2, 0.25) is 0 Å². The molecule has 0 aliphatic heterocycles. The lowest BCUT2D eigenvalue weighted by molar-refractivity contribution is -0.291. The van der Waals surface area contributed by atoms with Crippen LogP contribution >= 0.6 is 0 Å². The molecule has 0 saturated heterocycles. The quantitative estimate of drug-likeness (QED) is 0.830. The van der Waals surface area contributed by atoms with E-state index in [9.17, 15) is 26.7 Å². The van der Waals surface area contributed by atoms with Crippen LogP contribution in [-0.4, -0.2) is 32.7 Å². The number of hydrogen-bond acceptors (Lipinski definition) is 3. The minimum atomic E-state index is -5.79. The van der Waals surface area contributed by atoms with Gasteiger partial charge < -0.3 is 5.32 Å². The summed E-state index contributed by atoms with van der Waals surface area (Å²) in [6, 6.07) is 1.68. The predicted molar refractivity (Wildman–Crippen MR) is 82.0 cm³/mol. The van der Waals surface area contributed by atoms with Crippen molar-refractivity contribution in [2.24, 2.45) is 0 Å². The van der Waals surface area contributed by atoms with E-state index in [1.54, 1.807) is 0 Å². The number of aryl methyl sites for hydroxylation is 1. The molecule has 1 fully saturated rings. The Bertz CT molecular complexity index is 824. The van der Waals surface area contributed by atoms with E-state index in [2.05, 4.69) is 15.4 Å². The monoisotopic (exact) mass is 376 g/mol. The van der Waals surface area contributed by atoms with Crippen molar-refractivity contribution in [3.05, 3.63) is 29.2 Å². The molecule has 10 heteroatoms. The maximum Gasteiger partial charge on any atom is 0.459 e. The molecule has 2 heterocycles. The topological polar surface area (TPSA) is 59.3 Å². The van der Waals surface area contributed by atoms with Gasteiger partial charge in [-0.15, -0.1) is 0 Å². The fourth-order valence-electron chi connectivity index (χ4n) is 3.09. The van der Waals surface area contributed by atoms with Gasteiger partial charge in [-0.1, -0.05) is 19.3 Å².